The molecule has 33 heavy (non-hydrogen) atoms. The number of nitrogens with one attached hydrogen (secondary N) is 1. The summed E-state index contributed by atoms with van der Waals surface area (Å²) in [5.74, 6) is 0.286. The van der Waals surface area contributed by atoms with E-state index < -0.39 is 0 Å². The molecule has 1 N–H and O–H groups in total. The first kappa shape index (κ1) is 21.0. The second-order valence-corrected chi connectivity index (χ2v) is 8.32. The first-order valence-corrected chi connectivity index (χ1v) is 11.1. The lowest BCUT2D eigenvalue weighted by Crippen LogP contribution is -2.15. The molecular weight excluding hydrogens is 443 g/mol. The molecule has 3 aromatic heterocycles. The fourth-order valence-corrected chi connectivity index (χ4v) is 4.20. The van der Waals surface area contributed by atoms with Gasteiger partial charge in [-0.05, 0) is 55.0 Å². The molecule has 0 aliphatic heterocycles. The van der Waals surface area contributed by atoms with Crippen LogP contribution < -0.4 is 10.1 Å². The molecule has 0 saturated carbocycles. The highest BCUT2D eigenvalue weighted by atomic mass is 32.2. The van der Waals surface area contributed by atoms with Crippen LogP contribution in [0.1, 0.15) is 5.56 Å². The average molecular weight is 463 g/mol. The summed E-state index contributed by atoms with van der Waals surface area (Å²) in [6.07, 6.45) is 3.59. The lowest BCUT2D eigenvalue weighted by Gasteiger charge is -2.10. The third-order valence-electron chi connectivity index (χ3n) is 5.09. The number of aromatic nitrogens is 5. The fourth-order valence-electron chi connectivity index (χ4n) is 3.49. The minimum Gasteiger partial charge on any atom is -0.495 e. The topological polar surface area (TPSA) is 85.8 Å². The first-order valence-electron chi connectivity index (χ1n) is 10.1. The van der Waals surface area contributed by atoms with Crippen molar-refractivity contribution < 1.29 is 13.9 Å². The number of hydrogen-bond acceptors (Lipinski definition) is 6. The standard InChI is InChI=1S/C23H19FN6O2S/c1-14-3-8-20(32-2)18(11-14)25-21(31)13-33-23-27-26-22-19-12-17(15-4-6-16(24)7-5-15)28-30(19)10-9-29(22)23/h3-12H,13H2,1-2H3,(H,25,31). The van der Waals surface area contributed by atoms with E-state index in [-0.39, 0.29) is 17.5 Å². The Morgan fingerprint density at radius 1 is 1.12 bits per heavy atom. The zero-order valence-electron chi connectivity index (χ0n) is 17.8. The third kappa shape index (κ3) is 4.12. The molecule has 0 spiro atoms. The van der Waals surface area contributed by atoms with E-state index in [0.29, 0.717) is 27.9 Å². The largest absolute Gasteiger partial charge is 0.495 e. The van der Waals surface area contributed by atoms with E-state index >= 15 is 0 Å². The second kappa shape index (κ2) is 8.55. The summed E-state index contributed by atoms with van der Waals surface area (Å²) >= 11 is 1.28. The number of rotatable bonds is 6. The van der Waals surface area contributed by atoms with Gasteiger partial charge in [0, 0.05) is 18.0 Å². The molecule has 0 unspecified atom stereocenters. The number of amides is 1. The number of thioether (sulfide) groups is 1. The maximum absolute atomic E-state index is 13.2. The van der Waals surface area contributed by atoms with E-state index in [2.05, 4.69) is 20.6 Å². The van der Waals surface area contributed by atoms with Crippen molar-refractivity contribution in [3.63, 3.8) is 0 Å². The minimum absolute atomic E-state index is 0.156. The van der Waals surface area contributed by atoms with Crippen molar-refractivity contribution in [2.24, 2.45) is 0 Å². The van der Waals surface area contributed by atoms with Gasteiger partial charge < -0.3 is 10.1 Å². The van der Waals surface area contributed by atoms with Crippen molar-refractivity contribution in [2.45, 2.75) is 12.1 Å². The van der Waals surface area contributed by atoms with Crippen LogP contribution >= 0.6 is 11.8 Å². The summed E-state index contributed by atoms with van der Waals surface area (Å²) in [5, 5.41) is 16.6. The van der Waals surface area contributed by atoms with Crippen LogP contribution in [0, 0.1) is 12.7 Å². The quantitative estimate of drug-likeness (QED) is 0.380. The van der Waals surface area contributed by atoms with E-state index in [1.54, 1.807) is 36.2 Å². The number of nitrogens with zero attached hydrogens (tertiary/aromatic N) is 5. The second-order valence-electron chi connectivity index (χ2n) is 7.38. The maximum atomic E-state index is 13.2. The van der Waals surface area contributed by atoms with Crippen molar-refractivity contribution in [3.05, 3.63) is 72.3 Å². The maximum Gasteiger partial charge on any atom is 0.234 e. The molecule has 5 rings (SSSR count). The number of halogens is 1. The Morgan fingerprint density at radius 3 is 2.73 bits per heavy atom. The van der Waals surface area contributed by atoms with E-state index in [4.69, 9.17) is 4.74 Å². The highest BCUT2D eigenvalue weighted by molar-refractivity contribution is 7.99. The van der Waals surface area contributed by atoms with Crippen LogP contribution in [0.2, 0.25) is 0 Å². The van der Waals surface area contributed by atoms with Crippen molar-refractivity contribution >= 4 is 34.5 Å². The molecule has 8 nitrogen and oxygen atoms in total. The summed E-state index contributed by atoms with van der Waals surface area (Å²) in [6, 6.07) is 13.6. The van der Waals surface area contributed by atoms with Gasteiger partial charge in [0.25, 0.3) is 0 Å². The fraction of sp³-hybridized carbons (Fsp3) is 0.130. The summed E-state index contributed by atoms with van der Waals surface area (Å²) in [7, 11) is 1.57. The zero-order valence-corrected chi connectivity index (χ0v) is 18.6. The third-order valence-corrected chi connectivity index (χ3v) is 6.03. The molecule has 0 aliphatic rings. The number of aryl methyl sites for hydroxylation is 1. The molecule has 0 radical (unpaired) electrons. The number of fused-ring (bicyclic) bond motifs is 3. The number of anilines is 1. The molecule has 3 heterocycles. The molecule has 1 amide bonds. The molecule has 0 aliphatic carbocycles. The zero-order chi connectivity index (χ0) is 22.9. The van der Waals surface area contributed by atoms with Crippen molar-refractivity contribution in [3.8, 4) is 17.0 Å². The van der Waals surface area contributed by atoms with Gasteiger partial charge in [-0.3, -0.25) is 9.20 Å². The lowest BCUT2D eigenvalue weighted by molar-refractivity contribution is -0.113. The van der Waals surface area contributed by atoms with Crippen LogP contribution in [0.25, 0.3) is 22.4 Å². The Labute approximate surface area is 192 Å². The number of methoxy groups -OCH3 is 1. The number of benzene rings is 2. The van der Waals surface area contributed by atoms with E-state index in [1.807, 2.05) is 35.6 Å². The van der Waals surface area contributed by atoms with Crippen molar-refractivity contribution in [1.29, 1.82) is 0 Å². The van der Waals surface area contributed by atoms with Gasteiger partial charge in [0.1, 0.15) is 17.1 Å². The van der Waals surface area contributed by atoms with E-state index in [9.17, 15) is 9.18 Å². The lowest BCUT2D eigenvalue weighted by atomic mass is 10.1. The molecule has 0 atom stereocenters. The van der Waals surface area contributed by atoms with E-state index in [0.717, 1.165) is 16.6 Å². The summed E-state index contributed by atoms with van der Waals surface area (Å²) in [5.41, 5.74) is 4.52. The molecule has 2 aromatic carbocycles. The Morgan fingerprint density at radius 2 is 1.94 bits per heavy atom. The van der Waals surface area contributed by atoms with Gasteiger partial charge in [0.2, 0.25) is 5.91 Å². The molecule has 0 saturated heterocycles. The number of ether oxygens (including phenoxy) is 1. The molecule has 0 bridgehead atoms. The smallest absolute Gasteiger partial charge is 0.234 e. The summed E-state index contributed by atoms with van der Waals surface area (Å²) in [4.78, 5) is 12.5. The normalized spacial score (nSPS) is 11.2. The van der Waals surface area contributed by atoms with Gasteiger partial charge in [0.15, 0.2) is 10.8 Å². The SMILES string of the molecule is COc1ccc(C)cc1NC(=O)CSc1nnc2c3cc(-c4ccc(F)cc4)nn3ccn12. The van der Waals surface area contributed by atoms with Crippen LogP contribution in [0.3, 0.4) is 0 Å². The summed E-state index contributed by atoms with van der Waals surface area (Å²) < 4.78 is 22.1. The highest BCUT2D eigenvalue weighted by Crippen LogP contribution is 2.27. The van der Waals surface area contributed by atoms with Crippen LogP contribution in [0.4, 0.5) is 10.1 Å². The predicted octanol–water partition coefficient (Wildman–Crippen LogP) is 4.23. The minimum atomic E-state index is -0.297. The number of carbonyl (C=O) groups excluding carboxylic acids is 1. The molecular formula is C23H19FN6O2S. The van der Waals surface area contributed by atoms with Gasteiger partial charge in [0.05, 0.1) is 24.2 Å². The van der Waals surface area contributed by atoms with Crippen molar-refractivity contribution in [2.75, 3.05) is 18.2 Å². The van der Waals surface area contributed by atoms with Crippen LogP contribution in [-0.2, 0) is 4.79 Å². The highest BCUT2D eigenvalue weighted by Gasteiger charge is 2.15. The van der Waals surface area contributed by atoms with Gasteiger partial charge >= 0.3 is 0 Å². The predicted molar refractivity (Wildman–Crippen MR) is 124 cm³/mol. The summed E-state index contributed by atoms with van der Waals surface area (Å²) in [6.45, 7) is 1.95. The van der Waals surface area contributed by atoms with Crippen LogP contribution in [0.5, 0.6) is 5.75 Å². The van der Waals surface area contributed by atoms with Crippen molar-refractivity contribution in [1.82, 2.24) is 24.2 Å². The molecule has 0 fully saturated rings. The monoisotopic (exact) mass is 462 g/mol. The Bertz CT molecular complexity index is 1480. The van der Waals surface area contributed by atoms with Gasteiger partial charge in [-0.1, -0.05) is 17.8 Å². The number of hydrogen-bond donors (Lipinski definition) is 1. The van der Waals surface area contributed by atoms with Gasteiger partial charge in [-0.25, -0.2) is 8.91 Å². The average Bonchev–Trinajstić information content (AvgIpc) is 3.42. The van der Waals surface area contributed by atoms with Crippen LogP contribution in [-0.4, -0.2) is 43.0 Å². The Balaban J connectivity index is 1.36. The Hall–Kier alpha value is -3.92. The molecule has 5 aromatic rings. The van der Waals surface area contributed by atoms with Crippen LogP contribution in [0.15, 0.2) is 66.1 Å². The number of carbonyl (C=O) groups is 1. The first-order chi connectivity index (χ1) is 16.0. The van der Waals surface area contributed by atoms with Gasteiger partial charge in [-0.2, -0.15) is 5.10 Å². The molecule has 166 valence electrons. The molecule has 10 heteroatoms. The Kier molecular flexibility index (Phi) is 5.43. The van der Waals surface area contributed by atoms with E-state index in [1.165, 1.54) is 23.9 Å². The van der Waals surface area contributed by atoms with Gasteiger partial charge in [-0.15, -0.1) is 10.2 Å².